The van der Waals surface area contributed by atoms with Crippen LogP contribution in [0.3, 0.4) is 0 Å². The quantitative estimate of drug-likeness (QED) is 0.857. The molecule has 0 aliphatic heterocycles. The molecule has 0 saturated heterocycles. The minimum absolute atomic E-state index is 0.178. The van der Waals surface area contributed by atoms with Crippen molar-refractivity contribution in [2.75, 3.05) is 19.1 Å². The maximum Gasteiger partial charge on any atom is 0.246 e. The Hall–Kier alpha value is -1.63. The molecule has 7 heteroatoms. The summed E-state index contributed by atoms with van der Waals surface area (Å²) in [5.74, 6) is -2.75. The number of likely N-dealkylation sites (N-methyl/N-ethyl adjacent to an activating group) is 1. The summed E-state index contributed by atoms with van der Waals surface area (Å²) in [4.78, 5) is 23.2. The van der Waals surface area contributed by atoms with E-state index in [2.05, 4.69) is 10.6 Å². The van der Waals surface area contributed by atoms with E-state index in [0.717, 1.165) is 12.1 Å². The van der Waals surface area contributed by atoms with Gasteiger partial charge in [0.15, 0.2) is 11.6 Å². The number of carbonyl (C=O) groups excluding carboxylic acids is 2. The van der Waals surface area contributed by atoms with Crippen molar-refractivity contribution < 1.29 is 18.4 Å². The van der Waals surface area contributed by atoms with E-state index in [0.29, 0.717) is 0 Å². The molecule has 0 saturated carbocycles. The molecular weight excluding hydrogens is 274 g/mol. The summed E-state index contributed by atoms with van der Waals surface area (Å²) >= 11 is 1.29. The molecule has 0 heterocycles. The summed E-state index contributed by atoms with van der Waals surface area (Å²) in [7, 11) is 1.40. The SMILES string of the molecule is CNC(=O)C(NC(=O)CSC)c1ccc(F)c(F)c1. The molecule has 2 N–H and O–H groups in total. The van der Waals surface area contributed by atoms with Gasteiger partial charge < -0.3 is 10.6 Å². The van der Waals surface area contributed by atoms with Crippen LogP contribution in [0.4, 0.5) is 8.78 Å². The van der Waals surface area contributed by atoms with Crippen molar-refractivity contribution in [1.82, 2.24) is 10.6 Å². The van der Waals surface area contributed by atoms with E-state index in [1.807, 2.05) is 0 Å². The fraction of sp³-hybridized carbons (Fsp3) is 0.333. The van der Waals surface area contributed by atoms with Crippen molar-refractivity contribution in [1.29, 1.82) is 0 Å². The number of halogens is 2. The molecule has 0 fully saturated rings. The molecular formula is C12H14F2N2O2S. The highest BCUT2D eigenvalue weighted by Crippen LogP contribution is 2.17. The third-order valence-electron chi connectivity index (χ3n) is 2.37. The molecule has 0 aromatic heterocycles. The van der Waals surface area contributed by atoms with Gasteiger partial charge in [-0.15, -0.1) is 0 Å². The van der Waals surface area contributed by atoms with Gasteiger partial charge in [-0.2, -0.15) is 11.8 Å². The molecule has 1 aromatic rings. The fourth-order valence-corrected chi connectivity index (χ4v) is 1.82. The number of amides is 2. The van der Waals surface area contributed by atoms with Crippen LogP contribution in [0.15, 0.2) is 18.2 Å². The third kappa shape index (κ3) is 4.20. The molecule has 104 valence electrons. The summed E-state index contributed by atoms with van der Waals surface area (Å²) in [6.45, 7) is 0. The van der Waals surface area contributed by atoms with Crippen molar-refractivity contribution >= 4 is 23.6 Å². The zero-order chi connectivity index (χ0) is 14.4. The number of hydrogen-bond donors (Lipinski definition) is 2. The second-order valence-electron chi connectivity index (χ2n) is 3.72. The number of rotatable bonds is 5. The van der Waals surface area contributed by atoms with Crippen LogP contribution in [0.25, 0.3) is 0 Å². The van der Waals surface area contributed by atoms with Gasteiger partial charge in [-0.3, -0.25) is 9.59 Å². The van der Waals surface area contributed by atoms with Crippen molar-refractivity contribution in [2.24, 2.45) is 0 Å². The third-order valence-corrected chi connectivity index (χ3v) is 2.92. The van der Waals surface area contributed by atoms with Gasteiger partial charge in [-0.1, -0.05) is 6.07 Å². The Morgan fingerprint density at radius 1 is 1.32 bits per heavy atom. The van der Waals surface area contributed by atoms with E-state index in [9.17, 15) is 18.4 Å². The van der Waals surface area contributed by atoms with Crippen molar-refractivity contribution in [3.05, 3.63) is 35.4 Å². The van der Waals surface area contributed by atoms with Crippen molar-refractivity contribution in [2.45, 2.75) is 6.04 Å². The highest BCUT2D eigenvalue weighted by Gasteiger charge is 2.22. The summed E-state index contributed by atoms with van der Waals surface area (Å²) in [6, 6.07) is 2.04. The molecule has 0 aliphatic rings. The molecule has 0 radical (unpaired) electrons. The van der Waals surface area contributed by atoms with Crippen LogP contribution in [-0.2, 0) is 9.59 Å². The van der Waals surface area contributed by atoms with Gasteiger partial charge in [-0.25, -0.2) is 8.78 Å². The number of thioether (sulfide) groups is 1. The Morgan fingerprint density at radius 2 is 2.00 bits per heavy atom. The molecule has 4 nitrogen and oxygen atoms in total. The monoisotopic (exact) mass is 288 g/mol. The number of nitrogens with one attached hydrogen (secondary N) is 2. The van der Waals surface area contributed by atoms with Crippen LogP contribution in [0, 0.1) is 11.6 Å². The zero-order valence-corrected chi connectivity index (χ0v) is 11.3. The largest absolute Gasteiger partial charge is 0.357 e. The van der Waals surface area contributed by atoms with E-state index in [4.69, 9.17) is 0 Å². The molecule has 0 aliphatic carbocycles. The summed E-state index contributed by atoms with van der Waals surface area (Å²) in [5, 5.41) is 4.84. The summed E-state index contributed by atoms with van der Waals surface area (Å²) in [6.07, 6.45) is 1.74. The van der Waals surface area contributed by atoms with E-state index < -0.39 is 23.6 Å². The average Bonchev–Trinajstić information content (AvgIpc) is 2.39. The predicted molar refractivity (Wildman–Crippen MR) is 69.7 cm³/mol. The van der Waals surface area contributed by atoms with Gasteiger partial charge in [-0.05, 0) is 24.0 Å². The molecule has 2 amide bonds. The minimum atomic E-state index is -1.06. The Kier molecular flexibility index (Phi) is 5.75. The van der Waals surface area contributed by atoms with Crippen LogP contribution in [0.1, 0.15) is 11.6 Å². The lowest BCUT2D eigenvalue weighted by molar-refractivity contribution is -0.127. The lowest BCUT2D eigenvalue weighted by Crippen LogP contribution is -2.39. The van der Waals surface area contributed by atoms with Gasteiger partial charge in [0.2, 0.25) is 11.8 Å². The highest BCUT2D eigenvalue weighted by molar-refractivity contribution is 7.99. The average molecular weight is 288 g/mol. The van der Waals surface area contributed by atoms with E-state index in [-0.39, 0.29) is 17.2 Å². The minimum Gasteiger partial charge on any atom is -0.357 e. The first-order valence-electron chi connectivity index (χ1n) is 5.44. The lowest BCUT2D eigenvalue weighted by atomic mass is 10.1. The summed E-state index contributed by atoms with van der Waals surface area (Å²) in [5.41, 5.74) is 0.188. The lowest BCUT2D eigenvalue weighted by Gasteiger charge is -2.17. The smallest absolute Gasteiger partial charge is 0.246 e. The van der Waals surface area contributed by atoms with Gasteiger partial charge in [0.05, 0.1) is 5.75 Å². The Bertz CT molecular complexity index is 483. The van der Waals surface area contributed by atoms with Gasteiger partial charge in [0.25, 0.3) is 0 Å². The van der Waals surface area contributed by atoms with Crippen LogP contribution < -0.4 is 10.6 Å². The topological polar surface area (TPSA) is 58.2 Å². The second kappa shape index (κ2) is 7.08. The van der Waals surface area contributed by atoms with E-state index in [1.165, 1.54) is 24.9 Å². The van der Waals surface area contributed by atoms with Gasteiger partial charge in [0.1, 0.15) is 6.04 Å². The maximum atomic E-state index is 13.2. The van der Waals surface area contributed by atoms with Crippen LogP contribution in [0.2, 0.25) is 0 Å². The van der Waals surface area contributed by atoms with E-state index >= 15 is 0 Å². The molecule has 1 rings (SSSR count). The molecule has 1 atom stereocenters. The van der Waals surface area contributed by atoms with E-state index in [1.54, 1.807) is 6.26 Å². The Labute approximate surface area is 113 Å². The molecule has 0 bridgehead atoms. The highest BCUT2D eigenvalue weighted by atomic mass is 32.2. The first-order chi connectivity index (χ1) is 8.99. The summed E-state index contributed by atoms with van der Waals surface area (Å²) < 4.78 is 26.0. The van der Waals surface area contributed by atoms with Crippen LogP contribution >= 0.6 is 11.8 Å². The zero-order valence-electron chi connectivity index (χ0n) is 10.5. The number of hydrogen-bond acceptors (Lipinski definition) is 3. The Balaban J connectivity index is 2.99. The predicted octanol–water partition coefficient (Wildman–Crippen LogP) is 1.23. The van der Waals surface area contributed by atoms with Gasteiger partial charge >= 0.3 is 0 Å². The fourth-order valence-electron chi connectivity index (χ4n) is 1.47. The van der Waals surface area contributed by atoms with Crippen molar-refractivity contribution in [3.8, 4) is 0 Å². The van der Waals surface area contributed by atoms with Crippen LogP contribution in [0.5, 0.6) is 0 Å². The first-order valence-corrected chi connectivity index (χ1v) is 6.83. The Morgan fingerprint density at radius 3 is 2.53 bits per heavy atom. The van der Waals surface area contributed by atoms with Crippen LogP contribution in [-0.4, -0.2) is 30.9 Å². The normalized spacial score (nSPS) is 11.8. The standard InChI is InChI=1S/C12H14F2N2O2S/c1-15-12(18)11(16-10(17)6-19-2)7-3-4-8(13)9(14)5-7/h3-5,11H,6H2,1-2H3,(H,15,18)(H,16,17). The maximum absolute atomic E-state index is 13.2. The molecule has 19 heavy (non-hydrogen) atoms. The second-order valence-corrected chi connectivity index (χ2v) is 4.59. The number of benzene rings is 1. The number of carbonyl (C=O) groups is 2. The molecule has 1 unspecified atom stereocenters. The van der Waals surface area contributed by atoms with Gasteiger partial charge in [0, 0.05) is 7.05 Å². The van der Waals surface area contributed by atoms with Crippen molar-refractivity contribution in [3.63, 3.8) is 0 Å². The first kappa shape index (κ1) is 15.4. The molecule has 1 aromatic carbocycles. The molecule has 0 spiro atoms.